The van der Waals surface area contributed by atoms with Crippen molar-refractivity contribution >= 4 is 29.0 Å². The summed E-state index contributed by atoms with van der Waals surface area (Å²) in [6, 6.07) is 4.19. The number of hydrogen-bond acceptors (Lipinski definition) is 7. The Hall–Kier alpha value is -4.06. The first-order valence-corrected chi connectivity index (χ1v) is 11.5. The predicted octanol–water partition coefficient (Wildman–Crippen LogP) is 3.67. The molecule has 0 saturated carbocycles. The number of amides is 1. The molecule has 1 fully saturated rings. The van der Waals surface area contributed by atoms with E-state index >= 15 is 0 Å². The summed E-state index contributed by atoms with van der Waals surface area (Å²) in [4.78, 5) is 28.9. The molecule has 4 aromatic rings. The highest BCUT2D eigenvalue weighted by atomic mass is 35.5. The summed E-state index contributed by atoms with van der Waals surface area (Å²) in [7, 11) is 0. The van der Waals surface area contributed by atoms with Crippen molar-refractivity contribution in [3.8, 4) is 17.0 Å². The Labute approximate surface area is 209 Å². The van der Waals surface area contributed by atoms with E-state index in [2.05, 4.69) is 20.4 Å². The van der Waals surface area contributed by atoms with Crippen LogP contribution in [0.2, 0.25) is 5.02 Å². The number of rotatable bonds is 6. The zero-order chi connectivity index (χ0) is 25.4. The minimum atomic E-state index is -0.920. The summed E-state index contributed by atoms with van der Waals surface area (Å²) in [6.45, 7) is 2.42. The van der Waals surface area contributed by atoms with Crippen LogP contribution in [0.25, 0.3) is 16.8 Å². The third kappa shape index (κ3) is 4.47. The monoisotopic (exact) mass is 513 g/mol. The molecule has 0 unspecified atom stereocenters. The Bertz CT molecular complexity index is 1440. The number of Topliss-reactive ketones (excluding diaryl/α,β-unsaturated/α-hetero) is 1. The second kappa shape index (κ2) is 9.53. The number of likely N-dealkylation sites (tertiary alicyclic amines) is 1. The molecule has 0 radical (unpaired) electrons. The molecule has 36 heavy (non-hydrogen) atoms. The zero-order valence-electron chi connectivity index (χ0n) is 19.1. The predicted molar refractivity (Wildman–Crippen MR) is 126 cm³/mol. The highest BCUT2D eigenvalue weighted by Gasteiger charge is 2.26. The number of ketones is 1. The van der Waals surface area contributed by atoms with Gasteiger partial charge in [0, 0.05) is 24.8 Å². The van der Waals surface area contributed by atoms with Crippen molar-refractivity contribution in [1.29, 1.82) is 0 Å². The standard InChI is InChI=1S/C23H21ClFN7O4/c1-13-21(28-29-32(13)16-4-6-30(7-5-16)23(34)35)14-8-20(22-17(24)10-27-31(22)11-14)36-12-19(33)18-3-2-15(25)9-26-18/h2-3,8-11,16H,4-7,12H2,1H3,(H,34,35). The fourth-order valence-corrected chi connectivity index (χ4v) is 4.53. The quantitative estimate of drug-likeness (QED) is 0.387. The Kier molecular flexibility index (Phi) is 6.27. The third-order valence-electron chi connectivity index (χ3n) is 6.19. The third-order valence-corrected chi connectivity index (χ3v) is 6.46. The Morgan fingerprint density at radius 2 is 2.03 bits per heavy atom. The van der Waals surface area contributed by atoms with E-state index in [4.69, 9.17) is 16.3 Å². The fraction of sp³-hybridized carbons (Fsp3) is 0.304. The number of fused-ring (bicyclic) bond motifs is 1. The van der Waals surface area contributed by atoms with Gasteiger partial charge in [-0.25, -0.2) is 23.4 Å². The van der Waals surface area contributed by atoms with Gasteiger partial charge in [-0.3, -0.25) is 4.79 Å². The van der Waals surface area contributed by atoms with Crippen molar-refractivity contribution in [3.63, 3.8) is 0 Å². The van der Waals surface area contributed by atoms with Crippen molar-refractivity contribution < 1.29 is 23.8 Å². The Balaban J connectivity index is 1.41. The topological polar surface area (TPSA) is 128 Å². The van der Waals surface area contributed by atoms with Gasteiger partial charge in [0.25, 0.3) is 0 Å². The molecular weight excluding hydrogens is 493 g/mol. The molecule has 1 aliphatic heterocycles. The molecule has 1 amide bonds. The van der Waals surface area contributed by atoms with E-state index < -0.39 is 17.7 Å². The van der Waals surface area contributed by atoms with Gasteiger partial charge in [0.15, 0.2) is 6.61 Å². The van der Waals surface area contributed by atoms with E-state index in [-0.39, 0.29) is 18.3 Å². The lowest BCUT2D eigenvalue weighted by Gasteiger charge is -2.30. The number of ether oxygens (including phenoxy) is 1. The summed E-state index contributed by atoms with van der Waals surface area (Å²) < 4.78 is 22.3. The molecule has 0 aromatic carbocycles. The van der Waals surface area contributed by atoms with E-state index in [0.29, 0.717) is 53.5 Å². The Morgan fingerprint density at radius 1 is 1.25 bits per heavy atom. The van der Waals surface area contributed by atoms with Crippen LogP contribution in [0, 0.1) is 12.7 Å². The molecule has 5 heterocycles. The molecule has 5 rings (SSSR count). The summed E-state index contributed by atoms with van der Waals surface area (Å²) in [5.41, 5.74) is 2.61. The van der Waals surface area contributed by atoms with Gasteiger partial charge >= 0.3 is 6.09 Å². The van der Waals surface area contributed by atoms with Gasteiger partial charge in [0.05, 0.1) is 29.2 Å². The van der Waals surface area contributed by atoms with E-state index in [1.807, 2.05) is 11.6 Å². The van der Waals surface area contributed by atoms with Gasteiger partial charge in [-0.15, -0.1) is 5.10 Å². The van der Waals surface area contributed by atoms with Crippen molar-refractivity contribution in [1.82, 2.24) is 34.5 Å². The van der Waals surface area contributed by atoms with Gasteiger partial charge in [-0.2, -0.15) is 5.10 Å². The SMILES string of the molecule is Cc1c(-c2cc(OCC(=O)c3ccc(F)cn3)c3c(Cl)cnn3c2)nnn1C1CCN(C(=O)O)CC1. The van der Waals surface area contributed by atoms with Gasteiger partial charge in [0.1, 0.15) is 28.5 Å². The molecule has 0 bridgehead atoms. The van der Waals surface area contributed by atoms with Crippen LogP contribution in [-0.4, -0.2) is 71.2 Å². The van der Waals surface area contributed by atoms with Gasteiger partial charge in [0.2, 0.25) is 5.78 Å². The summed E-state index contributed by atoms with van der Waals surface area (Å²) in [6.07, 6.45) is 4.53. The maximum absolute atomic E-state index is 13.1. The maximum atomic E-state index is 13.1. The summed E-state index contributed by atoms with van der Waals surface area (Å²) >= 11 is 6.32. The van der Waals surface area contributed by atoms with Gasteiger partial charge in [-0.05, 0) is 38.0 Å². The molecule has 186 valence electrons. The largest absolute Gasteiger partial charge is 0.483 e. The van der Waals surface area contributed by atoms with Crippen LogP contribution >= 0.6 is 11.6 Å². The van der Waals surface area contributed by atoms with Crippen LogP contribution < -0.4 is 4.74 Å². The molecule has 13 heteroatoms. The normalized spacial score (nSPS) is 14.4. The van der Waals surface area contributed by atoms with Gasteiger partial charge in [-0.1, -0.05) is 16.8 Å². The minimum absolute atomic E-state index is 0.0290. The van der Waals surface area contributed by atoms with Gasteiger partial charge < -0.3 is 14.7 Å². The molecular formula is C23H21ClFN7O4. The summed E-state index contributed by atoms with van der Waals surface area (Å²) in [5.74, 6) is -0.651. The highest BCUT2D eigenvalue weighted by Crippen LogP contribution is 2.34. The maximum Gasteiger partial charge on any atom is 0.407 e. The number of carbonyl (C=O) groups excluding carboxylic acids is 1. The van der Waals surface area contributed by atoms with E-state index in [9.17, 15) is 19.1 Å². The first-order valence-electron chi connectivity index (χ1n) is 11.2. The number of nitrogens with zero attached hydrogens (tertiary/aromatic N) is 7. The van der Waals surface area contributed by atoms with Crippen LogP contribution in [0.1, 0.15) is 35.1 Å². The average molecular weight is 514 g/mol. The molecule has 11 nitrogen and oxygen atoms in total. The summed E-state index contributed by atoms with van der Waals surface area (Å²) in [5, 5.41) is 22.5. The van der Waals surface area contributed by atoms with Crippen molar-refractivity contribution in [2.75, 3.05) is 19.7 Å². The first kappa shape index (κ1) is 23.7. The second-order valence-electron chi connectivity index (χ2n) is 8.42. The number of carbonyl (C=O) groups is 2. The number of carboxylic acid groups (broad SMARTS) is 1. The van der Waals surface area contributed by atoms with Crippen LogP contribution in [0.5, 0.6) is 5.75 Å². The molecule has 0 atom stereocenters. The van der Waals surface area contributed by atoms with Crippen LogP contribution in [-0.2, 0) is 0 Å². The number of pyridine rings is 2. The number of piperidine rings is 1. The molecule has 1 N–H and O–H groups in total. The van der Waals surface area contributed by atoms with E-state index in [0.717, 1.165) is 18.0 Å². The van der Waals surface area contributed by atoms with E-state index in [1.165, 1.54) is 21.7 Å². The van der Waals surface area contributed by atoms with Crippen molar-refractivity contribution in [2.24, 2.45) is 0 Å². The second-order valence-corrected chi connectivity index (χ2v) is 8.83. The Morgan fingerprint density at radius 3 is 2.72 bits per heavy atom. The lowest BCUT2D eigenvalue weighted by atomic mass is 10.0. The number of halogens is 2. The fourth-order valence-electron chi connectivity index (χ4n) is 4.30. The van der Waals surface area contributed by atoms with Crippen molar-refractivity contribution in [3.05, 3.63) is 59.0 Å². The minimum Gasteiger partial charge on any atom is -0.483 e. The van der Waals surface area contributed by atoms with E-state index in [1.54, 1.807) is 12.3 Å². The van der Waals surface area contributed by atoms with Crippen LogP contribution in [0.4, 0.5) is 9.18 Å². The number of hydrogen-bond donors (Lipinski definition) is 1. The molecule has 4 aromatic heterocycles. The van der Waals surface area contributed by atoms with Crippen molar-refractivity contribution in [2.45, 2.75) is 25.8 Å². The molecule has 0 aliphatic carbocycles. The molecule has 0 spiro atoms. The lowest BCUT2D eigenvalue weighted by Crippen LogP contribution is -2.38. The number of aromatic nitrogens is 6. The first-order chi connectivity index (χ1) is 17.3. The zero-order valence-corrected chi connectivity index (χ0v) is 19.9. The average Bonchev–Trinajstić information content (AvgIpc) is 3.45. The van der Waals surface area contributed by atoms with Crippen LogP contribution in [0.3, 0.4) is 0 Å². The lowest BCUT2D eigenvalue weighted by molar-refractivity contribution is 0.0917. The highest BCUT2D eigenvalue weighted by molar-refractivity contribution is 6.34. The molecule has 1 aliphatic rings. The smallest absolute Gasteiger partial charge is 0.407 e. The van der Waals surface area contributed by atoms with Crippen LogP contribution in [0.15, 0.2) is 36.8 Å². The molecule has 1 saturated heterocycles.